The van der Waals surface area contributed by atoms with Crippen molar-refractivity contribution >= 4 is 44.8 Å². The normalized spacial score (nSPS) is 11.9. The zero-order chi connectivity index (χ0) is 23.2. The molecule has 0 bridgehead atoms. The standard InChI is InChI=1S/C20H21Cl2F3N2O3S/c1-31(29,30)27(18-13-15(20(23,24)25)6-9-17(18)22)12-2-3-19(28)26-11-10-14-4-7-16(21)8-5-14/h4-9,13H,2-3,10-12H2,1H3,(H,26,28). The number of hydrogen-bond acceptors (Lipinski definition) is 3. The first-order chi connectivity index (χ1) is 14.4. The van der Waals surface area contributed by atoms with Gasteiger partial charge in [-0.3, -0.25) is 9.10 Å². The lowest BCUT2D eigenvalue weighted by molar-refractivity contribution is -0.137. The fourth-order valence-corrected chi connectivity index (χ4v) is 4.18. The quantitative estimate of drug-likeness (QED) is 0.535. The van der Waals surface area contributed by atoms with Crippen LogP contribution in [-0.4, -0.2) is 33.7 Å². The molecule has 0 aliphatic carbocycles. The molecule has 0 unspecified atom stereocenters. The minimum atomic E-state index is -4.65. The van der Waals surface area contributed by atoms with Crippen LogP contribution in [0.5, 0.6) is 0 Å². The maximum Gasteiger partial charge on any atom is 0.416 e. The van der Waals surface area contributed by atoms with E-state index in [1.165, 1.54) is 0 Å². The predicted octanol–water partition coefficient (Wildman–Crippen LogP) is 4.92. The molecule has 31 heavy (non-hydrogen) atoms. The summed E-state index contributed by atoms with van der Waals surface area (Å²) in [5.74, 6) is -0.294. The maximum absolute atomic E-state index is 13.0. The van der Waals surface area contributed by atoms with Gasteiger partial charge in [-0.1, -0.05) is 35.3 Å². The third-order valence-electron chi connectivity index (χ3n) is 4.36. The molecule has 1 N–H and O–H groups in total. The lowest BCUT2D eigenvalue weighted by Crippen LogP contribution is -2.33. The summed E-state index contributed by atoms with van der Waals surface area (Å²) in [5.41, 5.74) is -0.297. The molecule has 0 heterocycles. The van der Waals surface area contributed by atoms with Gasteiger partial charge in [-0.15, -0.1) is 0 Å². The number of hydrogen-bond donors (Lipinski definition) is 1. The molecule has 2 rings (SSSR count). The molecule has 1 amide bonds. The number of benzene rings is 2. The van der Waals surface area contributed by atoms with E-state index in [0.717, 1.165) is 28.3 Å². The van der Waals surface area contributed by atoms with Crippen molar-refractivity contribution in [3.63, 3.8) is 0 Å². The van der Waals surface area contributed by atoms with Crippen molar-refractivity contribution in [2.45, 2.75) is 25.4 Å². The van der Waals surface area contributed by atoms with Gasteiger partial charge < -0.3 is 5.32 Å². The number of anilines is 1. The maximum atomic E-state index is 13.0. The average Bonchev–Trinajstić information content (AvgIpc) is 2.66. The summed E-state index contributed by atoms with van der Waals surface area (Å²) in [6.45, 7) is 0.195. The van der Waals surface area contributed by atoms with Crippen molar-refractivity contribution in [1.82, 2.24) is 5.32 Å². The van der Waals surface area contributed by atoms with Crippen LogP contribution in [0.25, 0.3) is 0 Å². The first kappa shape index (κ1) is 25.3. The Bertz CT molecular complexity index is 1010. The van der Waals surface area contributed by atoms with Crippen LogP contribution in [0.1, 0.15) is 24.0 Å². The SMILES string of the molecule is CS(=O)(=O)N(CCCC(=O)NCCc1ccc(Cl)cc1)c1cc(C(F)(F)F)ccc1Cl. The van der Waals surface area contributed by atoms with E-state index < -0.39 is 21.8 Å². The smallest absolute Gasteiger partial charge is 0.356 e. The van der Waals surface area contributed by atoms with Gasteiger partial charge in [0.05, 0.1) is 22.5 Å². The highest BCUT2D eigenvalue weighted by atomic mass is 35.5. The van der Waals surface area contributed by atoms with Crippen molar-refractivity contribution in [1.29, 1.82) is 0 Å². The number of amides is 1. The third kappa shape index (κ3) is 7.90. The van der Waals surface area contributed by atoms with Gasteiger partial charge in [0.15, 0.2) is 0 Å². The van der Waals surface area contributed by atoms with Crippen LogP contribution in [0.3, 0.4) is 0 Å². The van der Waals surface area contributed by atoms with Gasteiger partial charge in [0.1, 0.15) is 0 Å². The largest absolute Gasteiger partial charge is 0.416 e. The molecule has 0 aliphatic heterocycles. The highest BCUT2D eigenvalue weighted by molar-refractivity contribution is 7.92. The Kier molecular flexibility index (Phi) is 8.62. The Balaban J connectivity index is 1.95. The Morgan fingerprint density at radius 2 is 1.74 bits per heavy atom. The number of sulfonamides is 1. The molecular formula is C20H21Cl2F3N2O3S. The number of rotatable bonds is 9. The Hall–Kier alpha value is -1.97. The summed E-state index contributed by atoms with van der Waals surface area (Å²) in [6.07, 6.45) is -3.07. The fraction of sp³-hybridized carbons (Fsp3) is 0.350. The molecule has 0 aliphatic rings. The number of carbonyl (C=O) groups is 1. The van der Waals surface area contributed by atoms with Gasteiger partial charge in [-0.2, -0.15) is 13.2 Å². The monoisotopic (exact) mass is 496 g/mol. The van der Waals surface area contributed by atoms with Gasteiger partial charge in [0.2, 0.25) is 15.9 Å². The summed E-state index contributed by atoms with van der Waals surface area (Å²) >= 11 is 11.8. The zero-order valence-electron chi connectivity index (χ0n) is 16.5. The lowest BCUT2D eigenvalue weighted by Gasteiger charge is -2.24. The Morgan fingerprint density at radius 1 is 1.10 bits per heavy atom. The minimum absolute atomic E-state index is 0.00319. The Morgan fingerprint density at radius 3 is 2.32 bits per heavy atom. The molecular weight excluding hydrogens is 476 g/mol. The summed E-state index contributed by atoms with van der Waals surface area (Å²) in [4.78, 5) is 12.0. The topological polar surface area (TPSA) is 66.5 Å². The molecule has 2 aromatic rings. The number of carbonyl (C=O) groups excluding carboxylic acids is 1. The van der Waals surface area contributed by atoms with Gasteiger partial charge in [-0.05, 0) is 48.7 Å². The minimum Gasteiger partial charge on any atom is -0.356 e. The van der Waals surface area contributed by atoms with Gasteiger partial charge in [0, 0.05) is 24.5 Å². The molecule has 0 saturated heterocycles. The molecule has 0 spiro atoms. The molecule has 0 aromatic heterocycles. The van der Waals surface area contributed by atoms with E-state index in [4.69, 9.17) is 23.2 Å². The third-order valence-corrected chi connectivity index (χ3v) is 6.11. The van der Waals surface area contributed by atoms with Crippen molar-refractivity contribution < 1.29 is 26.4 Å². The van der Waals surface area contributed by atoms with Crippen LogP contribution in [-0.2, 0) is 27.4 Å². The first-order valence-electron chi connectivity index (χ1n) is 9.23. The lowest BCUT2D eigenvalue weighted by atomic mass is 10.1. The predicted molar refractivity (Wildman–Crippen MR) is 116 cm³/mol. The van der Waals surface area contributed by atoms with Crippen LogP contribution in [0, 0.1) is 0 Å². The van der Waals surface area contributed by atoms with Gasteiger partial charge in [0.25, 0.3) is 0 Å². The van der Waals surface area contributed by atoms with Crippen molar-refractivity contribution in [2.75, 3.05) is 23.7 Å². The zero-order valence-corrected chi connectivity index (χ0v) is 18.9. The number of nitrogens with zero attached hydrogens (tertiary/aromatic N) is 1. The second kappa shape index (κ2) is 10.6. The summed E-state index contributed by atoms with van der Waals surface area (Å²) in [7, 11) is -3.92. The van der Waals surface area contributed by atoms with Crippen molar-refractivity contribution in [2.24, 2.45) is 0 Å². The molecule has 11 heteroatoms. The van der Waals surface area contributed by atoms with Crippen molar-refractivity contribution in [3.05, 3.63) is 63.6 Å². The van der Waals surface area contributed by atoms with E-state index in [1.807, 2.05) is 12.1 Å². The molecule has 0 saturated carbocycles. The van der Waals surface area contributed by atoms with Gasteiger partial charge >= 0.3 is 6.18 Å². The van der Waals surface area contributed by atoms with Crippen molar-refractivity contribution in [3.8, 4) is 0 Å². The van der Waals surface area contributed by atoms with E-state index in [0.29, 0.717) is 24.1 Å². The van der Waals surface area contributed by atoms with E-state index >= 15 is 0 Å². The molecule has 0 atom stereocenters. The summed E-state index contributed by atoms with van der Waals surface area (Å²) < 4.78 is 64.1. The van der Waals surface area contributed by atoms with Crippen LogP contribution < -0.4 is 9.62 Å². The van der Waals surface area contributed by atoms with E-state index in [-0.39, 0.29) is 36.0 Å². The van der Waals surface area contributed by atoms with Crippen LogP contribution >= 0.6 is 23.2 Å². The number of halogens is 5. The van der Waals surface area contributed by atoms with E-state index in [2.05, 4.69) is 5.32 Å². The van der Waals surface area contributed by atoms with Crippen LogP contribution in [0.4, 0.5) is 18.9 Å². The molecule has 170 valence electrons. The van der Waals surface area contributed by atoms with Gasteiger partial charge in [-0.25, -0.2) is 8.42 Å². The van der Waals surface area contributed by atoms with Crippen LogP contribution in [0.15, 0.2) is 42.5 Å². The molecule has 0 fully saturated rings. The highest BCUT2D eigenvalue weighted by Gasteiger charge is 2.32. The highest BCUT2D eigenvalue weighted by Crippen LogP contribution is 2.36. The summed E-state index contributed by atoms with van der Waals surface area (Å²) in [5, 5.41) is 3.21. The Labute approximate surface area is 189 Å². The second-order valence-corrected chi connectivity index (χ2v) is 9.58. The van der Waals surface area contributed by atoms with Crippen LogP contribution in [0.2, 0.25) is 10.0 Å². The average molecular weight is 497 g/mol. The molecule has 2 aromatic carbocycles. The second-order valence-electron chi connectivity index (χ2n) is 6.83. The molecule has 0 radical (unpaired) electrons. The molecule has 5 nitrogen and oxygen atoms in total. The van der Waals surface area contributed by atoms with E-state index in [9.17, 15) is 26.4 Å². The van der Waals surface area contributed by atoms with E-state index in [1.54, 1.807) is 12.1 Å². The summed E-state index contributed by atoms with van der Waals surface area (Å²) in [6, 6.07) is 9.65. The number of alkyl halides is 3. The fourth-order valence-electron chi connectivity index (χ4n) is 2.81. The first-order valence-corrected chi connectivity index (χ1v) is 11.8. The number of nitrogens with one attached hydrogen (secondary N) is 1.